The molecule has 1 saturated carbocycles. The van der Waals surface area contributed by atoms with Gasteiger partial charge in [-0.1, -0.05) is 22.9 Å². The van der Waals surface area contributed by atoms with E-state index in [1.807, 2.05) is 32.0 Å². The van der Waals surface area contributed by atoms with E-state index in [1.54, 1.807) is 6.07 Å². The number of aromatic nitrogens is 1. The lowest BCUT2D eigenvalue weighted by Crippen LogP contribution is -2.13. The fourth-order valence-corrected chi connectivity index (χ4v) is 2.10. The molecule has 1 fully saturated rings. The first kappa shape index (κ1) is 12.0. The van der Waals surface area contributed by atoms with E-state index >= 15 is 0 Å². The number of anilines is 1. The minimum Gasteiger partial charge on any atom is -0.360 e. The number of amides is 1. The largest absolute Gasteiger partial charge is 0.360 e. The van der Waals surface area contributed by atoms with Gasteiger partial charge in [0.1, 0.15) is 5.76 Å². The van der Waals surface area contributed by atoms with Gasteiger partial charge in [0.25, 0.3) is 5.91 Å². The number of rotatable bonds is 3. The molecule has 1 aliphatic rings. The highest BCUT2D eigenvalue weighted by Gasteiger charge is 2.28. The van der Waals surface area contributed by atoms with Crippen molar-refractivity contribution in [3.8, 4) is 0 Å². The predicted molar refractivity (Wildman–Crippen MR) is 72.3 cm³/mol. The van der Waals surface area contributed by atoms with Crippen LogP contribution in [0.2, 0.25) is 0 Å². The Morgan fingerprint density at radius 2 is 2.11 bits per heavy atom. The molecule has 1 aromatic heterocycles. The summed E-state index contributed by atoms with van der Waals surface area (Å²) in [7, 11) is 0. The summed E-state index contributed by atoms with van der Waals surface area (Å²) >= 11 is 0. The quantitative estimate of drug-likeness (QED) is 0.915. The maximum Gasteiger partial charge on any atom is 0.277 e. The van der Waals surface area contributed by atoms with Crippen LogP contribution in [-0.4, -0.2) is 11.1 Å². The smallest absolute Gasteiger partial charge is 0.277 e. The average Bonchev–Trinajstić information content (AvgIpc) is 3.10. The normalized spacial score (nSPS) is 14.4. The molecule has 0 spiro atoms. The van der Waals surface area contributed by atoms with Crippen LogP contribution in [0.5, 0.6) is 0 Å². The van der Waals surface area contributed by atoms with E-state index in [9.17, 15) is 4.79 Å². The van der Waals surface area contributed by atoms with Gasteiger partial charge in [-0.2, -0.15) is 0 Å². The molecule has 0 radical (unpaired) electrons. The lowest BCUT2D eigenvalue weighted by molar-refractivity contribution is 0.101. The molecule has 1 amide bonds. The molecular formula is C15H16N2O2. The maximum absolute atomic E-state index is 12.1. The fourth-order valence-electron chi connectivity index (χ4n) is 2.10. The van der Waals surface area contributed by atoms with Gasteiger partial charge in [0.2, 0.25) is 0 Å². The van der Waals surface area contributed by atoms with Crippen LogP contribution < -0.4 is 5.32 Å². The van der Waals surface area contributed by atoms with E-state index in [4.69, 9.17) is 4.52 Å². The molecule has 1 heterocycles. The first-order valence-electron chi connectivity index (χ1n) is 6.48. The molecule has 1 aromatic carbocycles. The van der Waals surface area contributed by atoms with Crippen molar-refractivity contribution in [2.45, 2.75) is 32.6 Å². The third-order valence-electron chi connectivity index (χ3n) is 3.37. The highest BCUT2D eigenvalue weighted by Crippen LogP contribution is 2.40. The van der Waals surface area contributed by atoms with Gasteiger partial charge in [0.15, 0.2) is 5.69 Å². The van der Waals surface area contributed by atoms with E-state index in [2.05, 4.69) is 10.5 Å². The van der Waals surface area contributed by atoms with E-state index in [-0.39, 0.29) is 5.91 Å². The highest BCUT2D eigenvalue weighted by atomic mass is 16.5. The first-order chi connectivity index (χ1) is 9.13. The van der Waals surface area contributed by atoms with Crippen LogP contribution in [0.15, 0.2) is 28.8 Å². The molecule has 2 aromatic rings. The van der Waals surface area contributed by atoms with E-state index in [0.717, 1.165) is 29.9 Å². The van der Waals surface area contributed by atoms with Crippen LogP contribution in [0.3, 0.4) is 0 Å². The summed E-state index contributed by atoms with van der Waals surface area (Å²) in [5, 5.41) is 6.70. The summed E-state index contributed by atoms with van der Waals surface area (Å²) in [6.07, 6.45) is 2.26. The van der Waals surface area contributed by atoms with E-state index in [0.29, 0.717) is 11.6 Å². The van der Waals surface area contributed by atoms with E-state index < -0.39 is 0 Å². The number of hydrogen-bond acceptors (Lipinski definition) is 3. The van der Waals surface area contributed by atoms with Crippen LogP contribution >= 0.6 is 0 Å². The second-order valence-corrected chi connectivity index (χ2v) is 5.16. The van der Waals surface area contributed by atoms with Gasteiger partial charge in [-0.25, -0.2) is 0 Å². The predicted octanol–water partition coefficient (Wildman–Crippen LogP) is 3.42. The molecule has 19 heavy (non-hydrogen) atoms. The van der Waals surface area contributed by atoms with Crippen molar-refractivity contribution in [3.05, 3.63) is 46.8 Å². The number of nitrogens with one attached hydrogen (secondary N) is 1. The Morgan fingerprint density at radius 1 is 1.32 bits per heavy atom. The first-order valence-corrected chi connectivity index (χ1v) is 6.48. The van der Waals surface area contributed by atoms with Crippen LogP contribution in [0.4, 0.5) is 5.69 Å². The monoisotopic (exact) mass is 256 g/mol. The van der Waals surface area contributed by atoms with Gasteiger partial charge in [-0.3, -0.25) is 4.79 Å². The third kappa shape index (κ3) is 2.52. The molecule has 98 valence electrons. The Bertz CT molecular complexity index is 627. The molecule has 1 N–H and O–H groups in total. The Labute approximate surface area is 111 Å². The zero-order chi connectivity index (χ0) is 13.4. The molecule has 0 bridgehead atoms. The van der Waals surface area contributed by atoms with Crippen LogP contribution in [0.1, 0.15) is 46.1 Å². The Morgan fingerprint density at radius 3 is 2.79 bits per heavy atom. The second kappa shape index (κ2) is 4.53. The number of hydrogen-bond donors (Lipinski definition) is 1. The summed E-state index contributed by atoms with van der Waals surface area (Å²) in [5.74, 6) is 1.07. The van der Waals surface area contributed by atoms with Crippen LogP contribution in [0.25, 0.3) is 0 Å². The molecule has 0 saturated heterocycles. The Hall–Kier alpha value is -2.10. The average molecular weight is 256 g/mol. The Balaban J connectivity index is 1.76. The summed E-state index contributed by atoms with van der Waals surface area (Å²) in [6.45, 7) is 4.00. The van der Waals surface area contributed by atoms with Crippen molar-refractivity contribution in [2.75, 3.05) is 5.32 Å². The van der Waals surface area contributed by atoms with Crippen molar-refractivity contribution in [2.24, 2.45) is 0 Å². The minimum atomic E-state index is -0.220. The Kier molecular flexibility index (Phi) is 2.85. The SMILES string of the molecule is Cc1ccc(NC(=O)c2cc(C3CC3)on2)c(C)c1. The second-order valence-electron chi connectivity index (χ2n) is 5.16. The summed E-state index contributed by atoms with van der Waals surface area (Å²) in [4.78, 5) is 12.1. The van der Waals surface area contributed by atoms with Gasteiger partial charge >= 0.3 is 0 Å². The van der Waals surface area contributed by atoms with Crippen LogP contribution in [0, 0.1) is 13.8 Å². The lowest BCUT2D eigenvalue weighted by atomic mass is 10.1. The van der Waals surface area contributed by atoms with Gasteiger partial charge in [0.05, 0.1) is 0 Å². The van der Waals surface area contributed by atoms with Crippen molar-refractivity contribution >= 4 is 11.6 Å². The number of carbonyl (C=O) groups excluding carboxylic acids is 1. The molecule has 1 aliphatic carbocycles. The zero-order valence-corrected chi connectivity index (χ0v) is 11.1. The molecule has 0 unspecified atom stereocenters. The van der Waals surface area contributed by atoms with Gasteiger partial charge in [-0.05, 0) is 38.3 Å². The van der Waals surface area contributed by atoms with Gasteiger partial charge in [0, 0.05) is 17.7 Å². The van der Waals surface area contributed by atoms with Crippen molar-refractivity contribution in [1.82, 2.24) is 5.16 Å². The molecular weight excluding hydrogens is 240 g/mol. The van der Waals surface area contributed by atoms with E-state index in [1.165, 1.54) is 5.56 Å². The maximum atomic E-state index is 12.1. The van der Waals surface area contributed by atoms with Crippen molar-refractivity contribution < 1.29 is 9.32 Å². The number of benzene rings is 1. The van der Waals surface area contributed by atoms with Crippen LogP contribution in [-0.2, 0) is 0 Å². The highest BCUT2D eigenvalue weighted by molar-refractivity contribution is 6.03. The summed E-state index contributed by atoms with van der Waals surface area (Å²) in [5.41, 5.74) is 3.38. The topological polar surface area (TPSA) is 55.1 Å². The van der Waals surface area contributed by atoms with Crippen molar-refractivity contribution in [1.29, 1.82) is 0 Å². The zero-order valence-electron chi connectivity index (χ0n) is 11.1. The summed E-state index contributed by atoms with van der Waals surface area (Å²) < 4.78 is 5.19. The molecule has 3 rings (SSSR count). The lowest BCUT2D eigenvalue weighted by Gasteiger charge is -2.07. The van der Waals surface area contributed by atoms with Gasteiger partial charge in [-0.15, -0.1) is 0 Å². The standard InChI is InChI=1S/C15H16N2O2/c1-9-3-6-12(10(2)7-9)16-15(18)13-8-14(19-17-13)11-4-5-11/h3,6-8,11H,4-5H2,1-2H3,(H,16,18). The molecule has 0 aliphatic heterocycles. The summed E-state index contributed by atoms with van der Waals surface area (Å²) in [6, 6.07) is 7.66. The number of nitrogens with zero attached hydrogens (tertiary/aromatic N) is 1. The van der Waals surface area contributed by atoms with Crippen molar-refractivity contribution in [3.63, 3.8) is 0 Å². The number of carbonyl (C=O) groups is 1. The minimum absolute atomic E-state index is 0.220. The molecule has 4 nitrogen and oxygen atoms in total. The fraction of sp³-hybridized carbons (Fsp3) is 0.333. The third-order valence-corrected chi connectivity index (χ3v) is 3.37. The van der Waals surface area contributed by atoms with Gasteiger partial charge < -0.3 is 9.84 Å². The molecule has 0 atom stereocenters. The molecule has 4 heteroatoms. The number of aryl methyl sites for hydroxylation is 2.